The highest BCUT2D eigenvalue weighted by Gasteiger charge is 2.91. The lowest BCUT2D eigenvalue weighted by molar-refractivity contribution is -0.442. The van der Waals surface area contributed by atoms with Crippen LogP contribution < -0.4 is 0 Å². The molecule has 0 aliphatic rings. The van der Waals surface area contributed by atoms with Gasteiger partial charge in [0.1, 0.15) is 5.69 Å². The van der Waals surface area contributed by atoms with Crippen LogP contribution >= 0.6 is 15.9 Å². The molecule has 0 atom stereocenters. The summed E-state index contributed by atoms with van der Waals surface area (Å²) in [5, 5.41) is 1.03. The van der Waals surface area contributed by atoms with Gasteiger partial charge in [-0.05, 0) is 36.4 Å². The normalized spacial score (nSPS) is 14.4. The summed E-state index contributed by atoms with van der Waals surface area (Å²) in [5.41, 5.74) is -2.13. The van der Waals surface area contributed by atoms with Gasteiger partial charge in [-0.15, -0.1) is 0 Å². The zero-order valence-corrected chi connectivity index (χ0v) is 20.0. The second-order valence-corrected chi connectivity index (χ2v) is 9.20. The van der Waals surface area contributed by atoms with Crippen molar-refractivity contribution in [1.29, 1.82) is 0 Å². The molecule has 0 aliphatic carbocycles. The van der Waals surface area contributed by atoms with E-state index in [1.807, 2.05) is 0 Å². The van der Waals surface area contributed by atoms with Crippen LogP contribution in [0.2, 0.25) is 0 Å². The summed E-state index contributed by atoms with van der Waals surface area (Å²) in [7, 11) is 0. The zero-order valence-electron chi connectivity index (χ0n) is 18.5. The summed E-state index contributed by atoms with van der Waals surface area (Å²) in [4.78, 5) is 2.83. The first-order valence-electron chi connectivity index (χ1n) is 10.3. The van der Waals surface area contributed by atoms with Crippen LogP contribution in [-0.2, 0) is 5.92 Å². The maximum Gasteiger partial charge on any atom is 0.460 e. The number of benzene rings is 2. The van der Waals surface area contributed by atoms with Crippen molar-refractivity contribution in [2.45, 2.75) is 35.8 Å². The van der Waals surface area contributed by atoms with Gasteiger partial charge in [-0.3, -0.25) is 4.98 Å². The molecular weight excluding hydrogens is 631 g/mol. The Morgan fingerprint density at radius 3 is 1.77 bits per heavy atom. The van der Waals surface area contributed by atoms with Gasteiger partial charge in [0.25, 0.3) is 0 Å². The van der Waals surface area contributed by atoms with Crippen LogP contribution in [0.3, 0.4) is 0 Å². The average molecular weight is 641 g/mol. The zero-order chi connectivity index (χ0) is 29.4. The molecular formula is C23H10BrF13N2. The summed E-state index contributed by atoms with van der Waals surface area (Å²) in [6, 6.07) is 11.9. The van der Waals surface area contributed by atoms with Crippen molar-refractivity contribution in [3.63, 3.8) is 0 Å². The third kappa shape index (κ3) is 3.96. The quantitative estimate of drug-likeness (QED) is 0.192. The van der Waals surface area contributed by atoms with E-state index >= 15 is 0 Å². The van der Waals surface area contributed by atoms with Gasteiger partial charge in [0.2, 0.25) is 0 Å². The Bertz CT molecular complexity index is 1560. The maximum absolute atomic E-state index is 14.8. The van der Waals surface area contributed by atoms with Gasteiger partial charge < -0.3 is 4.57 Å². The van der Waals surface area contributed by atoms with Crippen molar-refractivity contribution in [2.24, 2.45) is 0 Å². The lowest BCUT2D eigenvalue weighted by atomic mass is 9.92. The van der Waals surface area contributed by atoms with E-state index in [2.05, 4.69) is 20.9 Å². The van der Waals surface area contributed by atoms with E-state index in [9.17, 15) is 57.1 Å². The summed E-state index contributed by atoms with van der Waals surface area (Å²) in [6.45, 7) is 0. The molecule has 210 valence electrons. The number of hydrogen-bond acceptors (Lipinski definition) is 1. The highest BCUT2D eigenvalue weighted by atomic mass is 79.9. The summed E-state index contributed by atoms with van der Waals surface area (Å²) in [5.74, 6) is -37.6. The van der Waals surface area contributed by atoms with Gasteiger partial charge in [0, 0.05) is 27.1 Å². The van der Waals surface area contributed by atoms with Crippen LogP contribution in [0.4, 0.5) is 57.1 Å². The van der Waals surface area contributed by atoms with Crippen LogP contribution in [0.15, 0.2) is 65.3 Å². The molecule has 0 amide bonds. The Morgan fingerprint density at radius 2 is 1.15 bits per heavy atom. The highest BCUT2D eigenvalue weighted by Crippen LogP contribution is 2.62. The fourth-order valence-electron chi connectivity index (χ4n) is 3.88. The average Bonchev–Trinajstić information content (AvgIpc) is 3.16. The second kappa shape index (κ2) is 8.73. The smallest absolute Gasteiger partial charge is 0.309 e. The van der Waals surface area contributed by atoms with Gasteiger partial charge in [-0.1, -0.05) is 34.1 Å². The van der Waals surface area contributed by atoms with Crippen molar-refractivity contribution in [1.82, 2.24) is 9.55 Å². The van der Waals surface area contributed by atoms with E-state index in [1.54, 1.807) is 18.2 Å². The predicted octanol–water partition coefficient (Wildman–Crippen LogP) is 9.14. The fourth-order valence-corrected chi connectivity index (χ4v) is 4.24. The second-order valence-electron chi connectivity index (χ2n) is 8.28. The number of halogens is 14. The molecule has 0 saturated heterocycles. The van der Waals surface area contributed by atoms with E-state index in [4.69, 9.17) is 0 Å². The molecule has 4 rings (SSSR count). The molecule has 0 radical (unpaired) electrons. The molecule has 2 aromatic carbocycles. The third-order valence-electron chi connectivity index (χ3n) is 5.89. The first kappa shape index (κ1) is 29.0. The molecule has 2 nitrogen and oxygen atoms in total. The number of rotatable bonds is 6. The molecule has 16 heteroatoms. The minimum absolute atomic E-state index is 0.109. The lowest BCUT2D eigenvalue weighted by Gasteiger charge is -2.39. The van der Waals surface area contributed by atoms with E-state index in [0.29, 0.717) is 27.0 Å². The Morgan fingerprint density at radius 1 is 0.590 bits per heavy atom. The largest absolute Gasteiger partial charge is 0.460 e. The molecule has 2 heterocycles. The van der Waals surface area contributed by atoms with Crippen molar-refractivity contribution < 1.29 is 57.1 Å². The van der Waals surface area contributed by atoms with Gasteiger partial charge >= 0.3 is 35.8 Å². The highest BCUT2D eigenvalue weighted by molar-refractivity contribution is 9.10. The van der Waals surface area contributed by atoms with Crippen molar-refractivity contribution >= 4 is 37.7 Å². The Hall–Kier alpha value is -3.04. The Balaban J connectivity index is 1.89. The van der Waals surface area contributed by atoms with Gasteiger partial charge in [-0.2, -0.15) is 57.1 Å². The van der Waals surface area contributed by atoms with Crippen molar-refractivity contribution in [2.75, 3.05) is 0 Å². The SMILES string of the molecule is FC(F)(F)C(F)(F)C(F)(F)C(F)(F)C(F)(F)C(F)(F)c1cc(-n2c3ccccc3c3cc(Br)ccc32)ccn1. The molecule has 0 unspecified atom stereocenters. The van der Waals surface area contributed by atoms with Crippen LogP contribution in [-0.4, -0.2) is 39.4 Å². The predicted molar refractivity (Wildman–Crippen MR) is 116 cm³/mol. The van der Waals surface area contributed by atoms with Crippen molar-refractivity contribution in [3.8, 4) is 5.69 Å². The van der Waals surface area contributed by atoms with E-state index in [1.165, 1.54) is 28.8 Å². The molecule has 0 aliphatic heterocycles. The molecule has 0 saturated carbocycles. The standard InChI is InChI=1S/C23H10BrF13N2/c24-11-5-6-16-14(9-11)13-3-1-2-4-15(13)39(16)12-7-8-38-17(10-12)18(25,26)19(27,28)20(29,30)21(31,32)22(33,34)23(35,36)37/h1-10H. The molecule has 0 fully saturated rings. The number of aromatic nitrogens is 2. The van der Waals surface area contributed by atoms with E-state index < -0.39 is 47.2 Å². The van der Waals surface area contributed by atoms with Crippen LogP contribution in [0.25, 0.3) is 27.5 Å². The van der Waals surface area contributed by atoms with Crippen LogP contribution in [0.1, 0.15) is 5.69 Å². The third-order valence-corrected chi connectivity index (χ3v) is 6.38. The minimum atomic E-state index is -7.98. The molecule has 4 aromatic rings. The van der Waals surface area contributed by atoms with Gasteiger partial charge in [0.05, 0.1) is 11.0 Å². The number of pyridine rings is 1. The summed E-state index contributed by atoms with van der Waals surface area (Å²) >= 11 is 3.25. The van der Waals surface area contributed by atoms with E-state index in [-0.39, 0.29) is 11.6 Å². The van der Waals surface area contributed by atoms with E-state index in [0.717, 1.165) is 6.07 Å². The Kier molecular flexibility index (Phi) is 6.48. The number of hydrogen-bond donors (Lipinski definition) is 0. The monoisotopic (exact) mass is 640 g/mol. The summed E-state index contributed by atoms with van der Waals surface area (Å²) in [6.07, 6.45) is -7.05. The van der Waals surface area contributed by atoms with Gasteiger partial charge in [-0.25, -0.2) is 0 Å². The first-order valence-corrected chi connectivity index (χ1v) is 11.1. The topological polar surface area (TPSA) is 17.8 Å². The van der Waals surface area contributed by atoms with Crippen LogP contribution in [0.5, 0.6) is 0 Å². The lowest BCUT2D eigenvalue weighted by Crippen LogP contribution is -2.69. The maximum atomic E-state index is 14.8. The van der Waals surface area contributed by atoms with Crippen molar-refractivity contribution in [3.05, 3.63) is 71.0 Å². The molecule has 39 heavy (non-hydrogen) atoms. The molecule has 0 bridgehead atoms. The summed E-state index contributed by atoms with van der Waals surface area (Å²) < 4.78 is 179. The number of nitrogens with zero attached hydrogens (tertiary/aromatic N) is 2. The minimum Gasteiger partial charge on any atom is -0.309 e. The molecule has 0 spiro atoms. The number of para-hydroxylation sites is 1. The molecule has 0 N–H and O–H groups in total. The fraction of sp³-hybridized carbons (Fsp3) is 0.261. The number of alkyl halides is 13. The van der Waals surface area contributed by atoms with Gasteiger partial charge in [0.15, 0.2) is 0 Å². The Labute approximate surface area is 217 Å². The first-order chi connectivity index (χ1) is 17.7. The molecule has 2 aromatic heterocycles. The number of fused-ring (bicyclic) bond motifs is 3. The van der Waals surface area contributed by atoms with Crippen LogP contribution in [0, 0.1) is 0 Å².